The van der Waals surface area contributed by atoms with Crippen LogP contribution in [0.15, 0.2) is 0 Å². The molecule has 0 aromatic rings. The van der Waals surface area contributed by atoms with Gasteiger partial charge in [0.1, 0.15) is 17.7 Å². The molecule has 1 aliphatic heterocycles. The van der Waals surface area contributed by atoms with E-state index in [1.807, 2.05) is 20.8 Å². The quantitative estimate of drug-likeness (QED) is 0.863. The zero-order chi connectivity index (χ0) is 16.4. The monoisotopic (exact) mass is 295 g/mol. The summed E-state index contributed by atoms with van der Waals surface area (Å²) in [5.74, 6) is -0.307. The number of nitrogens with zero attached hydrogens (tertiary/aromatic N) is 2. The van der Waals surface area contributed by atoms with Gasteiger partial charge in [-0.3, -0.25) is 4.79 Å². The minimum Gasteiger partial charge on any atom is -0.444 e. The predicted octanol–water partition coefficient (Wildman–Crippen LogP) is 2.05. The topological polar surface area (TPSA) is 82.4 Å². The molecular formula is C15H25N3O3. The molecule has 1 N–H and O–H groups in total. The summed E-state index contributed by atoms with van der Waals surface area (Å²) in [6.45, 7) is 10.9. The Kier molecular flexibility index (Phi) is 5.21. The lowest BCUT2D eigenvalue weighted by Crippen LogP contribution is -2.63. The van der Waals surface area contributed by atoms with E-state index in [-0.39, 0.29) is 17.9 Å². The molecule has 21 heavy (non-hydrogen) atoms. The van der Waals surface area contributed by atoms with Gasteiger partial charge in [0, 0.05) is 12.5 Å². The van der Waals surface area contributed by atoms with E-state index in [1.54, 1.807) is 25.7 Å². The summed E-state index contributed by atoms with van der Waals surface area (Å²) < 4.78 is 5.19. The number of rotatable bonds is 3. The number of alkyl carbamates (subject to hydrolysis) is 1. The van der Waals surface area contributed by atoms with Crippen LogP contribution in [0.25, 0.3) is 0 Å². The van der Waals surface area contributed by atoms with E-state index >= 15 is 0 Å². The van der Waals surface area contributed by atoms with Crippen molar-refractivity contribution in [2.45, 2.75) is 71.7 Å². The van der Waals surface area contributed by atoms with Crippen molar-refractivity contribution >= 4 is 12.0 Å². The second-order valence-corrected chi connectivity index (χ2v) is 6.84. The van der Waals surface area contributed by atoms with E-state index in [2.05, 4.69) is 11.4 Å². The summed E-state index contributed by atoms with van der Waals surface area (Å²) in [7, 11) is 0. The molecule has 3 atom stereocenters. The number of hydrogen-bond donors (Lipinski definition) is 1. The fraction of sp³-hybridized carbons (Fsp3) is 0.800. The zero-order valence-electron chi connectivity index (χ0n) is 13.6. The molecule has 0 aliphatic carbocycles. The van der Waals surface area contributed by atoms with Crippen LogP contribution in [0.2, 0.25) is 0 Å². The molecule has 0 bridgehead atoms. The van der Waals surface area contributed by atoms with Gasteiger partial charge in [-0.1, -0.05) is 13.8 Å². The maximum atomic E-state index is 12.6. The number of carbonyl (C=O) groups excluding carboxylic acids is 2. The van der Waals surface area contributed by atoms with Gasteiger partial charge in [-0.2, -0.15) is 5.26 Å². The lowest BCUT2D eigenvalue weighted by Gasteiger charge is -2.45. The van der Waals surface area contributed by atoms with Crippen LogP contribution in [0.5, 0.6) is 0 Å². The van der Waals surface area contributed by atoms with E-state index in [1.165, 1.54) is 0 Å². The van der Waals surface area contributed by atoms with E-state index in [9.17, 15) is 9.59 Å². The first-order valence-corrected chi connectivity index (χ1v) is 7.28. The second-order valence-electron chi connectivity index (χ2n) is 6.84. The Labute approximate surface area is 126 Å². The SMILES string of the molecule is CC(C)C(NC(=O)OC(C)(C)C)C(=O)N1C(C)CC1C#N. The smallest absolute Gasteiger partial charge is 0.408 e. The van der Waals surface area contributed by atoms with Crippen LogP contribution < -0.4 is 5.32 Å². The van der Waals surface area contributed by atoms with Crippen molar-refractivity contribution in [3.63, 3.8) is 0 Å². The average molecular weight is 295 g/mol. The molecule has 1 saturated heterocycles. The first-order chi connectivity index (χ1) is 9.56. The van der Waals surface area contributed by atoms with Crippen molar-refractivity contribution in [3.8, 4) is 6.07 Å². The van der Waals surface area contributed by atoms with Gasteiger partial charge in [0.25, 0.3) is 0 Å². The summed E-state index contributed by atoms with van der Waals surface area (Å²) in [5.41, 5.74) is -0.617. The van der Waals surface area contributed by atoms with Crippen LogP contribution >= 0.6 is 0 Å². The van der Waals surface area contributed by atoms with Gasteiger partial charge in [-0.05, 0) is 33.6 Å². The first kappa shape index (κ1) is 17.3. The molecule has 0 spiro atoms. The van der Waals surface area contributed by atoms with Gasteiger partial charge in [-0.25, -0.2) is 4.79 Å². The molecule has 118 valence electrons. The molecule has 0 radical (unpaired) electrons. The number of ether oxygens (including phenoxy) is 1. The molecular weight excluding hydrogens is 270 g/mol. The van der Waals surface area contributed by atoms with Gasteiger partial charge >= 0.3 is 6.09 Å². The minimum atomic E-state index is -0.682. The Morgan fingerprint density at radius 2 is 1.95 bits per heavy atom. The predicted molar refractivity (Wildman–Crippen MR) is 78.3 cm³/mol. The highest BCUT2D eigenvalue weighted by Gasteiger charge is 2.43. The van der Waals surface area contributed by atoms with Crippen LogP contribution in [0, 0.1) is 17.2 Å². The molecule has 0 saturated carbocycles. The molecule has 1 aliphatic rings. The molecule has 1 heterocycles. The van der Waals surface area contributed by atoms with Crippen molar-refractivity contribution in [1.29, 1.82) is 5.26 Å². The normalized spacial score (nSPS) is 23.0. The largest absolute Gasteiger partial charge is 0.444 e. The fourth-order valence-electron chi connectivity index (χ4n) is 2.31. The van der Waals surface area contributed by atoms with E-state index < -0.39 is 23.8 Å². The Hall–Kier alpha value is -1.77. The van der Waals surface area contributed by atoms with Crippen LogP contribution in [-0.4, -0.2) is 40.6 Å². The van der Waals surface area contributed by atoms with Gasteiger partial charge in [0.15, 0.2) is 0 Å². The third kappa shape index (κ3) is 4.35. The molecule has 3 unspecified atom stereocenters. The van der Waals surface area contributed by atoms with Crippen molar-refractivity contribution in [1.82, 2.24) is 10.2 Å². The number of nitrogens with one attached hydrogen (secondary N) is 1. The number of amides is 2. The lowest BCUT2D eigenvalue weighted by atomic mass is 9.91. The summed E-state index contributed by atoms with van der Waals surface area (Å²) in [6.07, 6.45) is 0.0655. The van der Waals surface area contributed by atoms with E-state index in [0.717, 1.165) is 0 Å². The van der Waals surface area contributed by atoms with Crippen LogP contribution in [0.1, 0.15) is 48.0 Å². The van der Waals surface area contributed by atoms with Gasteiger partial charge in [0.2, 0.25) is 5.91 Å². The first-order valence-electron chi connectivity index (χ1n) is 7.28. The molecule has 0 aromatic carbocycles. The maximum absolute atomic E-state index is 12.6. The van der Waals surface area contributed by atoms with Gasteiger partial charge < -0.3 is 15.0 Å². The Bertz CT molecular complexity index is 448. The van der Waals surface area contributed by atoms with Crippen LogP contribution in [-0.2, 0) is 9.53 Å². The molecule has 0 aromatic heterocycles. The van der Waals surface area contributed by atoms with Gasteiger partial charge in [0.05, 0.1) is 6.07 Å². The molecule has 6 heteroatoms. The third-order valence-corrected chi connectivity index (χ3v) is 3.38. The van der Waals surface area contributed by atoms with Crippen molar-refractivity contribution in [2.75, 3.05) is 0 Å². The fourth-order valence-corrected chi connectivity index (χ4v) is 2.31. The summed E-state index contributed by atoms with van der Waals surface area (Å²) in [6, 6.07) is 1.06. The minimum absolute atomic E-state index is 0.0313. The Balaban J connectivity index is 2.76. The zero-order valence-corrected chi connectivity index (χ0v) is 13.6. The maximum Gasteiger partial charge on any atom is 0.408 e. The highest BCUT2D eigenvalue weighted by Crippen LogP contribution is 2.26. The standard InChI is InChI=1S/C15H25N3O3/c1-9(2)12(17-14(20)21-15(4,5)6)13(19)18-10(3)7-11(18)8-16/h9-12H,7H2,1-6H3,(H,17,20). The van der Waals surface area contributed by atoms with Crippen molar-refractivity contribution in [2.24, 2.45) is 5.92 Å². The third-order valence-electron chi connectivity index (χ3n) is 3.38. The highest BCUT2D eigenvalue weighted by molar-refractivity contribution is 5.87. The van der Waals surface area contributed by atoms with Gasteiger partial charge in [-0.15, -0.1) is 0 Å². The molecule has 1 rings (SSSR count). The summed E-state index contributed by atoms with van der Waals surface area (Å²) in [4.78, 5) is 26.0. The Morgan fingerprint density at radius 3 is 2.33 bits per heavy atom. The van der Waals surface area contributed by atoms with E-state index in [0.29, 0.717) is 6.42 Å². The summed E-state index contributed by atoms with van der Waals surface area (Å²) in [5, 5.41) is 11.6. The average Bonchev–Trinajstić information content (AvgIpc) is 2.29. The summed E-state index contributed by atoms with van der Waals surface area (Å²) >= 11 is 0. The van der Waals surface area contributed by atoms with Crippen molar-refractivity contribution in [3.05, 3.63) is 0 Å². The van der Waals surface area contributed by atoms with Crippen LogP contribution in [0.3, 0.4) is 0 Å². The highest BCUT2D eigenvalue weighted by atomic mass is 16.6. The molecule has 1 fully saturated rings. The number of nitriles is 1. The van der Waals surface area contributed by atoms with Crippen molar-refractivity contribution < 1.29 is 14.3 Å². The van der Waals surface area contributed by atoms with Crippen LogP contribution in [0.4, 0.5) is 4.79 Å². The number of hydrogen-bond acceptors (Lipinski definition) is 4. The second kappa shape index (κ2) is 6.33. The molecule has 2 amide bonds. The lowest BCUT2D eigenvalue weighted by molar-refractivity contribution is -0.144. The molecule has 6 nitrogen and oxygen atoms in total. The number of carbonyl (C=O) groups is 2. The number of likely N-dealkylation sites (tertiary alicyclic amines) is 1. The van der Waals surface area contributed by atoms with E-state index in [4.69, 9.17) is 10.00 Å². The Morgan fingerprint density at radius 1 is 1.38 bits per heavy atom.